The minimum absolute atomic E-state index is 0.428. The molecule has 0 spiro atoms. The van der Waals surface area contributed by atoms with Gasteiger partial charge in [0.05, 0.1) is 6.61 Å². The second-order valence-electron chi connectivity index (χ2n) is 2.76. The average Bonchev–Trinajstić information content (AvgIpc) is 2.10. The Kier molecular flexibility index (Phi) is 5.08. The average molecular weight is 272 g/mol. The van der Waals surface area contributed by atoms with Gasteiger partial charge in [0, 0.05) is 13.5 Å². The van der Waals surface area contributed by atoms with Crippen LogP contribution < -0.4 is 0 Å². The fourth-order valence-electron chi connectivity index (χ4n) is 0.554. The first-order valence-corrected chi connectivity index (χ1v) is 5.25. The highest BCUT2D eigenvalue weighted by Crippen LogP contribution is 2.27. The van der Waals surface area contributed by atoms with Crippen LogP contribution >= 0.6 is 0 Å². The molecule has 0 radical (unpaired) electrons. The van der Waals surface area contributed by atoms with Crippen molar-refractivity contribution < 1.29 is 39.3 Å². The van der Waals surface area contributed by atoms with Crippen LogP contribution in [0.2, 0.25) is 0 Å². The van der Waals surface area contributed by atoms with Crippen molar-refractivity contribution in [1.82, 2.24) is 0 Å². The van der Waals surface area contributed by atoms with E-state index in [9.17, 15) is 30.4 Å². The van der Waals surface area contributed by atoms with E-state index in [0.29, 0.717) is 0 Å². The van der Waals surface area contributed by atoms with Gasteiger partial charge < -0.3 is 4.74 Å². The largest absolute Gasteiger partial charge is 0.523 e. The summed E-state index contributed by atoms with van der Waals surface area (Å²) in [6.45, 7) is -2.29. The van der Waals surface area contributed by atoms with E-state index in [2.05, 4.69) is 8.92 Å². The van der Waals surface area contributed by atoms with Gasteiger partial charge in [-0.1, -0.05) is 0 Å². The third kappa shape index (κ3) is 5.03. The molecule has 0 unspecified atom stereocenters. The molecule has 0 aromatic heterocycles. The van der Waals surface area contributed by atoms with E-state index in [4.69, 9.17) is 0 Å². The van der Waals surface area contributed by atoms with Crippen LogP contribution in [0.3, 0.4) is 0 Å². The molecule has 0 fully saturated rings. The van der Waals surface area contributed by atoms with E-state index in [1.165, 1.54) is 0 Å². The predicted molar refractivity (Wildman–Crippen MR) is 42.4 cm³/mol. The highest BCUT2D eigenvalue weighted by atomic mass is 32.2. The van der Waals surface area contributed by atoms with Crippen LogP contribution in [0.1, 0.15) is 6.42 Å². The molecule has 0 aliphatic carbocycles. The smallest absolute Gasteiger partial charge is 0.384 e. The minimum atomic E-state index is -5.98. The van der Waals surface area contributed by atoms with E-state index in [1.54, 1.807) is 0 Å². The first-order chi connectivity index (χ1) is 7.02. The van der Waals surface area contributed by atoms with E-state index >= 15 is 0 Å². The summed E-state index contributed by atoms with van der Waals surface area (Å²) in [6, 6.07) is 0. The molecule has 0 amide bonds. The molecule has 4 nitrogen and oxygen atoms in total. The van der Waals surface area contributed by atoms with Gasteiger partial charge in [-0.05, 0) is 0 Å². The number of hydrogen-bond donors (Lipinski definition) is 0. The number of ether oxygens (including phenoxy) is 1. The summed E-state index contributed by atoms with van der Waals surface area (Å²) < 4.78 is 88.4. The summed E-state index contributed by atoms with van der Waals surface area (Å²) in [5.74, 6) is -3.70. The summed E-state index contributed by atoms with van der Waals surface area (Å²) in [4.78, 5) is 0. The van der Waals surface area contributed by atoms with Gasteiger partial charge in [-0.25, -0.2) is 8.78 Å². The fraction of sp³-hybridized carbons (Fsp3) is 1.00. The Labute approximate surface area is 88.5 Å². The van der Waals surface area contributed by atoms with Crippen molar-refractivity contribution in [2.24, 2.45) is 0 Å². The standard InChI is InChI=1S/C6H9F5O4S/c1-14-3-2-5(7,8)4-15-16(12,13)6(9,10)11/h2-4H2,1H3. The summed E-state index contributed by atoms with van der Waals surface area (Å²) >= 11 is 0. The second kappa shape index (κ2) is 5.23. The third-order valence-corrected chi connectivity index (χ3v) is 2.38. The maximum absolute atomic E-state index is 12.7. The van der Waals surface area contributed by atoms with Gasteiger partial charge in [0.25, 0.3) is 5.92 Å². The van der Waals surface area contributed by atoms with Crippen molar-refractivity contribution >= 4 is 10.1 Å². The molecule has 0 aromatic carbocycles. The highest BCUT2D eigenvalue weighted by Gasteiger charge is 2.48. The summed E-state index contributed by atoms with van der Waals surface area (Å²) in [5, 5.41) is 0. The lowest BCUT2D eigenvalue weighted by molar-refractivity contribution is -0.0801. The lowest BCUT2D eigenvalue weighted by atomic mass is 10.3. The van der Waals surface area contributed by atoms with Crippen LogP contribution in [0.4, 0.5) is 22.0 Å². The van der Waals surface area contributed by atoms with E-state index < -0.39 is 41.2 Å². The lowest BCUT2D eigenvalue weighted by Gasteiger charge is -2.16. The Balaban J connectivity index is 4.35. The van der Waals surface area contributed by atoms with Gasteiger partial charge in [0.2, 0.25) is 0 Å². The predicted octanol–water partition coefficient (Wildman–Crippen LogP) is 1.52. The quantitative estimate of drug-likeness (QED) is 0.418. The summed E-state index contributed by atoms with van der Waals surface area (Å²) in [5.41, 5.74) is -5.70. The van der Waals surface area contributed by atoms with Crippen LogP contribution in [-0.4, -0.2) is 40.2 Å². The van der Waals surface area contributed by atoms with E-state index in [-0.39, 0.29) is 0 Å². The monoisotopic (exact) mass is 272 g/mol. The normalized spacial score (nSPS) is 14.1. The minimum Gasteiger partial charge on any atom is -0.384 e. The first-order valence-electron chi connectivity index (χ1n) is 3.84. The topological polar surface area (TPSA) is 52.6 Å². The molecule has 0 saturated carbocycles. The van der Waals surface area contributed by atoms with Crippen LogP contribution in [0, 0.1) is 0 Å². The second-order valence-corrected chi connectivity index (χ2v) is 4.37. The summed E-state index contributed by atoms with van der Waals surface area (Å²) in [7, 11) is -4.86. The number of hydrogen-bond acceptors (Lipinski definition) is 4. The van der Waals surface area contributed by atoms with E-state index in [1.807, 2.05) is 0 Å². The lowest BCUT2D eigenvalue weighted by Crippen LogP contribution is -2.32. The molecule has 10 heteroatoms. The molecule has 16 heavy (non-hydrogen) atoms. The van der Waals surface area contributed by atoms with Crippen molar-refractivity contribution in [1.29, 1.82) is 0 Å². The summed E-state index contributed by atoms with van der Waals surface area (Å²) in [6.07, 6.45) is -0.934. The number of methoxy groups -OCH3 is 1. The zero-order valence-electron chi connectivity index (χ0n) is 8.05. The van der Waals surface area contributed by atoms with Crippen LogP contribution in [0.5, 0.6) is 0 Å². The van der Waals surface area contributed by atoms with Crippen molar-refractivity contribution in [2.75, 3.05) is 20.3 Å². The molecule has 0 aliphatic rings. The van der Waals surface area contributed by atoms with E-state index in [0.717, 1.165) is 7.11 Å². The van der Waals surface area contributed by atoms with Gasteiger partial charge >= 0.3 is 15.6 Å². The Morgan fingerprint density at radius 1 is 1.12 bits per heavy atom. The molecular weight excluding hydrogens is 263 g/mol. The molecule has 0 aromatic rings. The SMILES string of the molecule is COCCC(F)(F)COS(=O)(=O)C(F)(F)F. The molecule has 0 aliphatic heterocycles. The highest BCUT2D eigenvalue weighted by molar-refractivity contribution is 7.87. The maximum Gasteiger partial charge on any atom is 0.523 e. The van der Waals surface area contributed by atoms with Gasteiger partial charge in [-0.3, -0.25) is 4.18 Å². The van der Waals surface area contributed by atoms with Crippen molar-refractivity contribution in [3.63, 3.8) is 0 Å². The zero-order valence-corrected chi connectivity index (χ0v) is 8.87. The molecule has 0 N–H and O–H groups in total. The Morgan fingerprint density at radius 3 is 2.00 bits per heavy atom. The Bertz CT molecular complexity index is 309. The number of alkyl halides is 5. The van der Waals surface area contributed by atoms with Crippen LogP contribution in [0.15, 0.2) is 0 Å². The molecular formula is C6H9F5O4S. The fourth-order valence-corrected chi connectivity index (χ4v) is 1.02. The molecule has 0 heterocycles. The number of rotatable bonds is 6. The first kappa shape index (κ1) is 15.5. The van der Waals surface area contributed by atoms with Crippen molar-refractivity contribution in [2.45, 2.75) is 17.9 Å². The Morgan fingerprint density at radius 2 is 1.62 bits per heavy atom. The van der Waals surface area contributed by atoms with Crippen LogP contribution in [0.25, 0.3) is 0 Å². The zero-order chi connectivity index (χ0) is 13.0. The van der Waals surface area contributed by atoms with Crippen molar-refractivity contribution in [3.05, 3.63) is 0 Å². The van der Waals surface area contributed by atoms with Crippen molar-refractivity contribution in [3.8, 4) is 0 Å². The maximum atomic E-state index is 12.7. The molecule has 98 valence electrons. The Hall–Kier alpha value is -0.480. The molecule has 0 atom stereocenters. The third-order valence-electron chi connectivity index (χ3n) is 1.38. The molecule has 0 bridgehead atoms. The molecule has 0 rings (SSSR count). The number of halogens is 5. The van der Waals surface area contributed by atoms with Gasteiger partial charge in [-0.2, -0.15) is 21.6 Å². The van der Waals surface area contributed by atoms with Gasteiger partial charge in [0.1, 0.15) is 6.61 Å². The molecule has 0 saturated heterocycles. The van der Waals surface area contributed by atoms with Crippen LogP contribution in [-0.2, 0) is 19.0 Å². The van der Waals surface area contributed by atoms with Gasteiger partial charge in [-0.15, -0.1) is 0 Å². The van der Waals surface area contributed by atoms with Gasteiger partial charge in [0.15, 0.2) is 0 Å².